The number of rotatable bonds is 7. The summed E-state index contributed by atoms with van der Waals surface area (Å²) in [5.41, 5.74) is 1.95. The third kappa shape index (κ3) is 5.10. The maximum atomic E-state index is 13.5. The van der Waals surface area contributed by atoms with Gasteiger partial charge in [0.15, 0.2) is 0 Å². The van der Waals surface area contributed by atoms with E-state index in [2.05, 4.69) is 10.3 Å². The minimum absolute atomic E-state index is 0.0274. The number of nitrogens with zero attached hydrogens (tertiary/aromatic N) is 2. The number of aromatic nitrogens is 2. The SMILES string of the molecule is COc1cn(Cc2ccc(F)c(Cl)c2)c(Nc2ccc(OC(C)C)cc2C)nc1=O. The standard InChI is InChI=1S/C22H23ClFN3O3/c1-13(2)30-16-6-8-19(14(3)9-16)25-22-26-21(28)20(29-4)12-27(22)11-15-5-7-18(24)17(23)10-15/h5-10,12-13H,11H2,1-4H3,(H,25,26,28). The third-order valence-electron chi connectivity index (χ3n) is 4.34. The summed E-state index contributed by atoms with van der Waals surface area (Å²) in [6.45, 7) is 6.16. The predicted molar refractivity (Wildman–Crippen MR) is 116 cm³/mol. The minimum atomic E-state index is -0.495. The molecule has 0 saturated carbocycles. The van der Waals surface area contributed by atoms with E-state index in [1.54, 1.807) is 16.8 Å². The summed E-state index contributed by atoms with van der Waals surface area (Å²) >= 11 is 5.90. The van der Waals surface area contributed by atoms with Gasteiger partial charge < -0.3 is 19.4 Å². The van der Waals surface area contributed by atoms with Crippen LogP contribution < -0.4 is 20.3 Å². The lowest BCUT2D eigenvalue weighted by Gasteiger charge is -2.17. The fraction of sp³-hybridized carbons (Fsp3) is 0.273. The highest BCUT2D eigenvalue weighted by atomic mass is 35.5. The number of anilines is 2. The summed E-state index contributed by atoms with van der Waals surface area (Å²) in [5, 5.41) is 3.22. The molecule has 0 aliphatic carbocycles. The van der Waals surface area contributed by atoms with Gasteiger partial charge in [0.05, 0.1) is 31.0 Å². The molecule has 1 aromatic heterocycles. The maximum absolute atomic E-state index is 13.5. The van der Waals surface area contributed by atoms with Crippen LogP contribution in [0.5, 0.6) is 11.5 Å². The Balaban J connectivity index is 1.96. The van der Waals surface area contributed by atoms with Gasteiger partial charge in [0, 0.05) is 5.69 Å². The molecule has 0 saturated heterocycles. The van der Waals surface area contributed by atoms with E-state index in [0.29, 0.717) is 12.5 Å². The molecule has 2 aromatic carbocycles. The van der Waals surface area contributed by atoms with E-state index in [0.717, 1.165) is 22.6 Å². The molecule has 0 aliphatic heterocycles. The first-order chi connectivity index (χ1) is 14.3. The molecular formula is C22H23ClFN3O3. The number of benzene rings is 2. The second kappa shape index (κ2) is 9.17. The average molecular weight is 432 g/mol. The van der Waals surface area contributed by atoms with E-state index >= 15 is 0 Å². The quantitative estimate of drug-likeness (QED) is 0.574. The summed E-state index contributed by atoms with van der Waals surface area (Å²) in [6.07, 6.45) is 1.62. The number of ether oxygens (including phenoxy) is 2. The maximum Gasteiger partial charge on any atom is 0.316 e. The molecule has 0 amide bonds. The van der Waals surface area contributed by atoms with Crippen LogP contribution >= 0.6 is 11.6 Å². The molecule has 8 heteroatoms. The van der Waals surface area contributed by atoms with Gasteiger partial charge in [-0.3, -0.25) is 4.79 Å². The normalized spacial score (nSPS) is 10.9. The Morgan fingerprint density at radius 2 is 2.00 bits per heavy atom. The van der Waals surface area contributed by atoms with Gasteiger partial charge in [-0.1, -0.05) is 17.7 Å². The van der Waals surface area contributed by atoms with Crippen LogP contribution in [0.1, 0.15) is 25.0 Å². The van der Waals surface area contributed by atoms with Gasteiger partial charge in [-0.15, -0.1) is 0 Å². The zero-order chi connectivity index (χ0) is 21.8. The zero-order valence-electron chi connectivity index (χ0n) is 17.2. The van der Waals surface area contributed by atoms with Crippen LogP contribution in [0, 0.1) is 12.7 Å². The van der Waals surface area contributed by atoms with Crippen molar-refractivity contribution in [3.8, 4) is 11.5 Å². The number of aryl methyl sites for hydroxylation is 1. The van der Waals surface area contributed by atoms with Crippen LogP contribution in [0.25, 0.3) is 0 Å². The van der Waals surface area contributed by atoms with Crippen molar-refractivity contribution >= 4 is 23.2 Å². The van der Waals surface area contributed by atoms with Crippen LogP contribution in [-0.2, 0) is 6.54 Å². The second-order valence-electron chi connectivity index (χ2n) is 7.08. The molecule has 0 atom stereocenters. The van der Waals surface area contributed by atoms with E-state index in [9.17, 15) is 9.18 Å². The summed E-state index contributed by atoms with van der Waals surface area (Å²) < 4.78 is 26.0. The Bertz CT molecular complexity index is 1120. The van der Waals surface area contributed by atoms with Crippen LogP contribution in [-0.4, -0.2) is 22.8 Å². The molecule has 0 bridgehead atoms. The molecule has 3 aromatic rings. The van der Waals surface area contributed by atoms with Crippen LogP contribution in [0.4, 0.5) is 16.0 Å². The molecule has 30 heavy (non-hydrogen) atoms. The monoisotopic (exact) mass is 431 g/mol. The van der Waals surface area contributed by atoms with Gasteiger partial charge in [0.2, 0.25) is 11.7 Å². The predicted octanol–water partition coefficient (Wildman–Crippen LogP) is 4.93. The molecule has 3 rings (SSSR count). The Morgan fingerprint density at radius 1 is 1.23 bits per heavy atom. The Kier molecular flexibility index (Phi) is 6.62. The Morgan fingerprint density at radius 3 is 2.63 bits per heavy atom. The van der Waals surface area contributed by atoms with Gasteiger partial charge >= 0.3 is 5.56 Å². The molecule has 0 unspecified atom stereocenters. The van der Waals surface area contributed by atoms with Crippen LogP contribution in [0.2, 0.25) is 5.02 Å². The fourth-order valence-corrected chi connectivity index (χ4v) is 3.11. The van der Waals surface area contributed by atoms with E-state index in [-0.39, 0.29) is 16.9 Å². The van der Waals surface area contributed by atoms with Crippen LogP contribution in [0.3, 0.4) is 0 Å². The smallest absolute Gasteiger partial charge is 0.316 e. The lowest BCUT2D eigenvalue weighted by molar-refractivity contribution is 0.242. The fourth-order valence-electron chi connectivity index (χ4n) is 2.91. The molecule has 0 aliphatic rings. The van der Waals surface area contributed by atoms with Gasteiger partial charge in [0.25, 0.3) is 0 Å². The van der Waals surface area contributed by atoms with Gasteiger partial charge in [-0.2, -0.15) is 4.98 Å². The largest absolute Gasteiger partial charge is 0.491 e. The molecule has 1 N–H and O–H groups in total. The van der Waals surface area contributed by atoms with E-state index in [1.165, 1.54) is 19.2 Å². The van der Waals surface area contributed by atoms with Crippen molar-refractivity contribution in [2.75, 3.05) is 12.4 Å². The summed E-state index contributed by atoms with van der Waals surface area (Å²) in [5.74, 6) is 0.691. The molecule has 0 fully saturated rings. The van der Waals surface area contributed by atoms with E-state index in [4.69, 9.17) is 21.1 Å². The number of hydrogen-bond acceptors (Lipinski definition) is 5. The highest BCUT2D eigenvalue weighted by molar-refractivity contribution is 6.30. The topological polar surface area (TPSA) is 65.4 Å². The zero-order valence-corrected chi connectivity index (χ0v) is 18.0. The lowest BCUT2D eigenvalue weighted by atomic mass is 10.2. The third-order valence-corrected chi connectivity index (χ3v) is 4.63. The molecule has 6 nitrogen and oxygen atoms in total. The number of methoxy groups -OCH3 is 1. The Labute approximate surface area is 179 Å². The van der Waals surface area contributed by atoms with Gasteiger partial charge in [-0.25, -0.2) is 4.39 Å². The van der Waals surface area contributed by atoms with Crippen molar-refractivity contribution in [1.29, 1.82) is 0 Å². The summed E-state index contributed by atoms with van der Waals surface area (Å²) in [6, 6.07) is 10.1. The molecule has 0 radical (unpaired) electrons. The highest BCUT2D eigenvalue weighted by Gasteiger charge is 2.12. The van der Waals surface area contributed by atoms with Crippen molar-refractivity contribution in [2.45, 2.75) is 33.4 Å². The number of nitrogens with one attached hydrogen (secondary N) is 1. The van der Waals surface area contributed by atoms with E-state index in [1.807, 2.05) is 39.0 Å². The van der Waals surface area contributed by atoms with Crippen molar-refractivity contribution in [3.05, 3.63) is 74.9 Å². The summed E-state index contributed by atoms with van der Waals surface area (Å²) in [7, 11) is 1.40. The molecule has 158 valence electrons. The van der Waals surface area contributed by atoms with Crippen molar-refractivity contribution < 1.29 is 13.9 Å². The van der Waals surface area contributed by atoms with Crippen molar-refractivity contribution in [2.24, 2.45) is 0 Å². The molecular weight excluding hydrogens is 409 g/mol. The van der Waals surface area contributed by atoms with E-state index < -0.39 is 11.4 Å². The first-order valence-corrected chi connectivity index (χ1v) is 9.78. The Hall–Kier alpha value is -3.06. The van der Waals surface area contributed by atoms with Crippen molar-refractivity contribution in [3.63, 3.8) is 0 Å². The average Bonchev–Trinajstić information content (AvgIpc) is 2.68. The first kappa shape index (κ1) is 21.6. The second-order valence-corrected chi connectivity index (χ2v) is 7.49. The first-order valence-electron chi connectivity index (χ1n) is 9.40. The highest BCUT2D eigenvalue weighted by Crippen LogP contribution is 2.25. The molecule has 1 heterocycles. The van der Waals surface area contributed by atoms with Crippen molar-refractivity contribution in [1.82, 2.24) is 9.55 Å². The lowest BCUT2D eigenvalue weighted by Crippen LogP contribution is -2.19. The number of halogens is 2. The van der Waals surface area contributed by atoms with Crippen LogP contribution in [0.15, 0.2) is 47.4 Å². The van der Waals surface area contributed by atoms with Gasteiger partial charge in [-0.05, 0) is 62.2 Å². The van der Waals surface area contributed by atoms with Gasteiger partial charge in [0.1, 0.15) is 11.6 Å². The minimum Gasteiger partial charge on any atom is -0.491 e. The molecule has 0 spiro atoms. The number of hydrogen-bond donors (Lipinski definition) is 1. The summed E-state index contributed by atoms with van der Waals surface area (Å²) in [4.78, 5) is 16.4.